The summed E-state index contributed by atoms with van der Waals surface area (Å²) >= 11 is 0. The lowest BCUT2D eigenvalue weighted by Gasteiger charge is -2.30. The molecule has 16 heavy (non-hydrogen) atoms. The third-order valence-corrected chi connectivity index (χ3v) is 2.95. The van der Waals surface area contributed by atoms with Gasteiger partial charge in [-0.2, -0.15) is 0 Å². The van der Waals surface area contributed by atoms with E-state index in [1.54, 1.807) is 0 Å². The first-order valence-electron chi connectivity index (χ1n) is 5.91. The van der Waals surface area contributed by atoms with Gasteiger partial charge in [0.15, 0.2) is 0 Å². The predicted octanol–water partition coefficient (Wildman–Crippen LogP) is 1.82. The van der Waals surface area contributed by atoms with Gasteiger partial charge in [-0.25, -0.2) is 0 Å². The van der Waals surface area contributed by atoms with E-state index >= 15 is 0 Å². The molecule has 0 aromatic carbocycles. The summed E-state index contributed by atoms with van der Waals surface area (Å²) in [5.41, 5.74) is -0.231. The quantitative estimate of drug-likeness (QED) is 0.779. The van der Waals surface area contributed by atoms with Crippen molar-refractivity contribution in [2.24, 2.45) is 17.3 Å². The van der Waals surface area contributed by atoms with Crippen LogP contribution in [0.3, 0.4) is 0 Å². The van der Waals surface area contributed by atoms with Gasteiger partial charge in [0.2, 0.25) is 5.91 Å². The molecule has 0 spiro atoms. The summed E-state index contributed by atoms with van der Waals surface area (Å²) in [5.74, 6) is 1.41. The van der Waals surface area contributed by atoms with E-state index in [0.717, 1.165) is 26.1 Å². The number of nitrogens with one attached hydrogen (secondary N) is 2. The van der Waals surface area contributed by atoms with Crippen LogP contribution in [0.4, 0.5) is 0 Å². The van der Waals surface area contributed by atoms with Crippen LogP contribution in [0.1, 0.15) is 34.1 Å². The number of rotatable bonds is 5. The van der Waals surface area contributed by atoms with Gasteiger partial charge in [-0.1, -0.05) is 27.7 Å². The van der Waals surface area contributed by atoms with Gasteiger partial charge in [0.05, 0.1) is 0 Å². The molecule has 1 aliphatic rings. The van der Waals surface area contributed by atoms with Crippen molar-refractivity contribution in [1.82, 2.24) is 10.6 Å². The molecular formula is C12H25ClN2O. The highest BCUT2D eigenvalue weighted by Gasteiger charge is 2.29. The fourth-order valence-corrected chi connectivity index (χ4v) is 2.08. The van der Waals surface area contributed by atoms with Crippen molar-refractivity contribution in [1.29, 1.82) is 0 Å². The van der Waals surface area contributed by atoms with E-state index in [1.165, 1.54) is 0 Å². The third-order valence-electron chi connectivity index (χ3n) is 2.95. The van der Waals surface area contributed by atoms with Crippen LogP contribution < -0.4 is 10.6 Å². The molecule has 1 heterocycles. The molecule has 0 radical (unpaired) electrons. The minimum Gasteiger partial charge on any atom is -0.355 e. The van der Waals surface area contributed by atoms with Crippen LogP contribution in [0.5, 0.6) is 0 Å². The van der Waals surface area contributed by atoms with E-state index in [1.807, 2.05) is 13.8 Å². The van der Waals surface area contributed by atoms with Gasteiger partial charge in [0, 0.05) is 31.0 Å². The second kappa shape index (κ2) is 6.45. The third kappa shape index (κ3) is 4.71. The zero-order valence-corrected chi connectivity index (χ0v) is 11.6. The predicted molar refractivity (Wildman–Crippen MR) is 69.9 cm³/mol. The molecule has 1 amide bonds. The molecule has 0 aromatic heterocycles. The van der Waals surface area contributed by atoms with E-state index in [9.17, 15) is 4.79 Å². The van der Waals surface area contributed by atoms with Crippen molar-refractivity contribution in [3.8, 4) is 0 Å². The van der Waals surface area contributed by atoms with Crippen LogP contribution >= 0.6 is 12.4 Å². The van der Waals surface area contributed by atoms with Crippen LogP contribution in [0.25, 0.3) is 0 Å². The van der Waals surface area contributed by atoms with E-state index < -0.39 is 0 Å². The second-order valence-electron chi connectivity index (χ2n) is 5.72. The van der Waals surface area contributed by atoms with E-state index in [0.29, 0.717) is 11.8 Å². The van der Waals surface area contributed by atoms with Crippen LogP contribution in [0.15, 0.2) is 0 Å². The monoisotopic (exact) mass is 248 g/mol. The number of carbonyl (C=O) groups is 1. The maximum absolute atomic E-state index is 11.9. The summed E-state index contributed by atoms with van der Waals surface area (Å²) in [6.07, 6.45) is 0.946. The number of carbonyl (C=O) groups excluding carboxylic acids is 1. The summed E-state index contributed by atoms with van der Waals surface area (Å²) < 4.78 is 0. The minimum absolute atomic E-state index is 0. The summed E-state index contributed by atoms with van der Waals surface area (Å²) in [4.78, 5) is 11.9. The highest BCUT2D eigenvalue weighted by atomic mass is 35.5. The van der Waals surface area contributed by atoms with Crippen LogP contribution in [0.2, 0.25) is 0 Å². The van der Waals surface area contributed by atoms with Gasteiger partial charge in [-0.3, -0.25) is 4.79 Å². The van der Waals surface area contributed by atoms with Crippen LogP contribution in [-0.2, 0) is 4.79 Å². The highest BCUT2D eigenvalue weighted by molar-refractivity contribution is 5.85. The van der Waals surface area contributed by atoms with Crippen molar-refractivity contribution in [3.05, 3.63) is 0 Å². The molecular weight excluding hydrogens is 224 g/mol. The van der Waals surface area contributed by atoms with Crippen LogP contribution in [0, 0.1) is 17.3 Å². The highest BCUT2D eigenvalue weighted by Crippen LogP contribution is 2.25. The Labute approximate surface area is 105 Å². The standard InChI is InChI=1S/C12H24N2O.ClH/c1-9(2)5-12(3,4)11(15)14-8-10-6-13-7-10;/h9-10,13H,5-8H2,1-4H3,(H,14,15);1H. The first kappa shape index (κ1) is 15.7. The zero-order chi connectivity index (χ0) is 11.5. The molecule has 3 nitrogen and oxygen atoms in total. The van der Waals surface area contributed by atoms with Crippen molar-refractivity contribution < 1.29 is 4.79 Å². The molecule has 0 saturated carbocycles. The fourth-order valence-electron chi connectivity index (χ4n) is 2.08. The maximum Gasteiger partial charge on any atom is 0.225 e. The molecule has 1 aliphatic heterocycles. The molecule has 1 saturated heterocycles. The summed E-state index contributed by atoms with van der Waals surface area (Å²) in [5, 5.41) is 6.26. The Hall–Kier alpha value is -0.280. The Balaban J connectivity index is 0.00000225. The van der Waals surface area contributed by atoms with Gasteiger partial charge in [-0.15, -0.1) is 12.4 Å². The molecule has 0 aromatic rings. The first-order chi connectivity index (χ1) is 6.92. The number of hydrogen-bond donors (Lipinski definition) is 2. The van der Waals surface area contributed by atoms with Crippen molar-refractivity contribution in [3.63, 3.8) is 0 Å². The Morgan fingerprint density at radius 1 is 1.44 bits per heavy atom. The Kier molecular flexibility index (Phi) is 6.34. The average Bonchev–Trinajstić information content (AvgIpc) is 1.98. The average molecular weight is 249 g/mol. The molecule has 0 aliphatic carbocycles. The molecule has 0 unspecified atom stereocenters. The van der Waals surface area contributed by atoms with E-state index in [4.69, 9.17) is 0 Å². The Morgan fingerprint density at radius 3 is 2.38 bits per heavy atom. The molecule has 2 N–H and O–H groups in total. The van der Waals surface area contributed by atoms with Crippen molar-refractivity contribution >= 4 is 18.3 Å². The van der Waals surface area contributed by atoms with Crippen molar-refractivity contribution in [2.75, 3.05) is 19.6 Å². The van der Waals surface area contributed by atoms with Gasteiger partial charge < -0.3 is 10.6 Å². The molecule has 0 bridgehead atoms. The van der Waals surface area contributed by atoms with E-state index in [2.05, 4.69) is 24.5 Å². The molecule has 96 valence electrons. The Bertz CT molecular complexity index is 225. The lowest BCUT2D eigenvalue weighted by Crippen LogP contribution is -2.50. The lowest BCUT2D eigenvalue weighted by atomic mass is 9.83. The topological polar surface area (TPSA) is 41.1 Å². The number of amides is 1. The summed E-state index contributed by atoms with van der Waals surface area (Å²) in [6.45, 7) is 11.3. The zero-order valence-electron chi connectivity index (χ0n) is 10.8. The van der Waals surface area contributed by atoms with Gasteiger partial charge >= 0.3 is 0 Å². The lowest BCUT2D eigenvalue weighted by molar-refractivity contribution is -0.130. The van der Waals surface area contributed by atoms with Crippen molar-refractivity contribution in [2.45, 2.75) is 34.1 Å². The number of halogens is 1. The first-order valence-corrected chi connectivity index (χ1v) is 5.91. The van der Waals surface area contributed by atoms with Gasteiger partial charge in [0.1, 0.15) is 0 Å². The molecule has 4 heteroatoms. The molecule has 1 rings (SSSR count). The second-order valence-corrected chi connectivity index (χ2v) is 5.72. The van der Waals surface area contributed by atoms with E-state index in [-0.39, 0.29) is 23.7 Å². The smallest absolute Gasteiger partial charge is 0.225 e. The Morgan fingerprint density at radius 2 is 2.00 bits per heavy atom. The molecule has 0 atom stereocenters. The van der Waals surface area contributed by atoms with Gasteiger partial charge in [0.25, 0.3) is 0 Å². The van der Waals surface area contributed by atoms with Gasteiger partial charge in [-0.05, 0) is 12.3 Å². The fraction of sp³-hybridized carbons (Fsp3) is 0.917. The summed E-state index contributed by atoms with van der Waals surface area (Å²) in [6, 6.07) is 0. The maximum atomic E-state index is 11.9. The molecule has 1 fully saturated rings. The SMILES string of the molecule is CC(C)CC(C)(C)C(=O)NCC1CNC1.Cl. The minimum atomic E-state index is -0.231. The number of hydrogen-bond acceptors (Lipinski definition) is 2. The summed E-state index contributed by atoms with van der Waals surface area (Å²) in [7, 11) is 0. The normalized spacial score (nSPS) is 16.6. The van der Waals surface area contributed by atoms with Crippen LogP contribution in [-0.4, -0.2) is 25.5 Å². The largest absolute Gasteiger partial charge is 0.355 e.